The van der Waals surface area contributed by atoms with Crippen LogP contribution in [-0.4, -0.2) is 41.6 Å². The zero-order chi connectivity index (χ0) is 17.4. The van der Waals surface area contributed by atoms with Gasteiger partial charge in [-0.25, -0.2) is 13.6 Å². The highest BCUT2D eigenvalue weighted by molar-refractivity contribution is 9.10. The number of amides is 2. The number of halogens is 3. The van der Waals surface area contributed by atoms with Crippen LogP contribution >= 0.6 is 15.9 Å². The van der Waals surface area contributed by atoms with Crippen molar-refractivity contribution in [2.45, 2.75) is 32.4 Å². The molecule has 0 unspecified atom stereocenters. The lowest BCUT2D eigenvalue weighted by Crippen LogP contribution is -2.61. The van der Waals surface area contributed by atoms with Crippen LogP contribution < -0.4 is 5.32 Å². The van der Waals surface area contributed by atoms with Gasteiger partial charge in [-0.1, -0.05) is 15.9 Å². The van der Waals surface area contributed by atoms with E-state index in [-0.39, 0.29) is 29.2 Å². The molecule has 0 aromatic heterocycles. The maximum atomic E-state index is 13.7. The van der Waals surface area contributed by atoms with Crippen molar-refractivity contribution in [2.75, 3.05) is 13.1 Å². The van der Waals surface area contributed by atoms with Crippen LogP contribution in [0.1, 0.15) is 31.1 Å². The van der Waals surface area contributed by atoms with Crippen LogP contribution in [0.5, 0.6) is 0 Å². The number of likely N-dealkylation sites (tertiary alicyclic amines) is 1. The Morgan fingerprint density at radius 2 is 1.91 bits per heavy atom. The summed E-state index contributed by atoms with van der Waals surface area (Å²) in [6.45, 7) is 5.66. The van der Waals surface area contributed by atoms with Crippen LogP contribution in [0.3, 0.4) is 0 Å². The van der Waals surface area contributed by atoms with Crippen molar-refractivity contribution in [1.82, 2.24) is 10.2 Å². The summed E-state index contributed by atoms with van der Waals surface area (Å²) in [4.78, 5) is 25.1. The summed E-state index contributed by atoms with van der Waals surface area (Å²) in [7, 11) is 0. The Hall–Kier alpha value is -1.70. The molecule has 0 atom stereocenters. The second-order valence-electron chi connectivity index (χ2n) is 6.30. The van der Waals surface area contributed by atoms with E-state index >= 15 is 0 Å². The third kappa shape index (κ3) is 4.40. The van der Waals surface area contributed by atoms with E-state index < -0.39 is 29.2 Å². The lowest BCUT2D eigenvalue weighted by Gasteiger charge is -2.39. The van der Waals surface area contributed by atoms with Crippen LogP contribution in [0.2, 0.25) is 0 Å². The number of hydrogen-bond acceptors (Lipinski definition) is 3. The van der Waals surface area contributed by atoms with Crippen molar-refractivity contribution in [1.29, 1.82) is 0 Å². The number of benzene rings is 1. The molecule has 1 fully saturated rings. The van der Waals surface area contributed by atoms with Gasteiger partial charge >= 0.3 is 6.09 Å². The number of hydrogen-bond donors (Lipinski definition) is 1. The molecule has 0 radical (unpaired) electrons. The minimum Gasteiger partial charge on any atom is -0.444 e. The maximum Gasteiger partial charge on any atom is 0.407 e. The van der Waals surface area contributed by atoms with Crippen molar-refractivity contribution in [2.24, 2.45) is 0 Å². The molecule has 0 bridgehead atoms. The minimum absolute atomic E-state index is 0.214. The highest BCUT2D eigenvalue weighted by atomic mass is 79.9. The first kappa shape index (κ1) is 17.7. The molecule has 1 aromatic carbocycles. The van der Waals surface area contributed by atoms with Gasteiger partial charge in [-0.05, 0) is 32.9 Å². The summed E-state index contributed by atoms with van der Waals surface area (Å²) in [5.41, 5.74) is -0.951. The Morgan fingerprint density at radius 3 is 2.48 bits per heavy atom. The molecule has 126 valence electrons. The fourth-order valence-electron chi connectivity index (χ4n) is 2.09. The van der Waals surface area contributed by atoms with Gasteiger partial charge in [0.25, 0.3) is 5.91 Å². The summed E-state index contributed by atoms with van der Waals surface area (Å²) >= 11 is 3.03. The Kier molecular flexibility index (Phi) is 4.93. The zero-order valence-electron chi connectivity index (χ0n) is 13.0. The molecule has 2 rings (SSSR count). The quantitative estimate of drug-likeness (QED) is 0.789. The van der Waals surface area contributed by atoms with Gasteiger partial charge in [0.05, 0.1) is 11.6 Å². The smallest absolute Gasteiger partial charge is 0.407 e. The first-order valence-electron chi connectivity index (χ1n) is 7.00. The predicted octanol–water partition coefficient (Wildman–Crippen LogP) is 3.08. The number of nitrogens with zero attached hydrogens (tertiary/aromatic N) is 1. The number of carbonyl (C=O) groups excluding carboxylic acids is 2. The van der Waals surface area contributed by atoms with Gasteiger partial charge in [0.2, 0.25) is 0 Å². The topological polar surface area (TPSA) is 58.6 Å². The Balaban J connectivity index is 1.93. The summed E-state index contributed by atoms with van der Waals surface area (Å²) < 4.78 is 32.4. The summed E-state index contributed by atoms with van der Waals surface area (Å²) in [5, 5.41) is 2.61. The van der Waals surface area contributed by atoms with Gasteiger partial charge in [0, 0.05) is 17.6 Å². The van der Waals surface area contributed by atoms with Crippen molar-refractivity contribution in [3.05, 3.63) is 33.8 Å². The molecule has 8 heteroatoms. The molecule has 0 spiro atoms. The van der Waals surface area contributed by atoms with Crippen molar-refractivity contribution in [3.8, 4) is 0 Å². The molecule has 0 saturated carbocycles. The number of alkyl carbamates (subject to hydrolysis) is 1. The van der Waals surface area contributed by atoms with Gasteiger partial charge in [-0.2, -0.15) is 0 Å². The molecule has 23 heavy (non-hydrogen) atoms. The van der Waals surface area contributed by atoms with Gasteiger partial charge < -0.3 is 15.0 Å². The van der Waals surface area contributed by atoms with E-state index in [1.807, 2.05) is 0 Å². The Labute approximate surface area is 141 Å². The first-order valence-corrected chi connectivity index (χ1v) is 7.79. The van der Waals surface area contributed by atoms with Gasteiger partial charge in [0.1, 0.15) is 5.60 Å². The Morgan fingerprint density at radius 1 is 1.30 bits per heavy atom. The van der Waals surface area contributed by atoms with E-state index in [4.69, 9.17) is 4.74 Å². The van der Waals surface area contributed by atoms with Crippen molar-refractivity contribution >= 4 is 27.9 Å². The summed E-state index contributed by atoms with van der Waals surface area (Å²) in [5.74, 6) is -2.89. The molecular formula is C15H17BrF2N2O3. The fraction of sp³-hybridized carbons (Fsp3) is 0.467. The van der Waals surface area contributed by atoms with Gasteiger partial charge in [0.15, 0.2) is 11.6 Å². The first-order chi connectivity index (χ1) is 10.6. The van der Waals surface area contributed by atoms with Crippen LogP contribution in [0.25, 0.3) is 0 Å². The van der Waals surface area contributed by atoms with E-state index in [1.165, 1.54) is 11.0 Å². The highest BCUT2D eigenvalue weighted by Gasteiger charge is 2.34. The van der Waals surface area contributed by atoms with Gasteiger partial charge in [-0.15, -0.1) is 0 Å². The second kappa shape index (κ2) is 6.43. The normalized spacial score (nSPS) is 15.1. The molecule has 5 nitrogen and oxygen atoms in total. The third-order valence-electron chi connectivity index (χ3n) is 3.11. The van der Waals surface area contributed by atoms with Crippen LogP contribution in [-0.2, 0) is 4.74 Å². The summed E-state index contributed by atoms with van der Waals surface area (Å²) in [6, 6.07) is 1.92. The number of rotatable bonds is 2. The minimum atomic E-state index is -1.18. The van der Waals surface area contributed by atoms with E-state index in [2.05, 4.69) is 21.2 Å². The summed E-state index contributed by atoms with van der Waals surface area (Å²) in [6.07, 6.45) is -0.575. The maximum absolute atomic E-state index is 13.7. The van der Waals surface area contributed by atoms with Crippen LogP contribution in [0.15, 0.2) is 16.6 Å². The van der Waals surface area contributed by atoms with E-state index in [0.717, 1.165) is 6.07 Å². The number of carbonyl (C=O) groups is 2. The third-order valence-corrected chi connectivity index (χ3v) is 3.57. The second-order valence-corrected chi connectivity index (χ2v) is 7.22. The molecule has 0 aliphatic carbocycles. The number of nitrogens with one attached hydrogen (secondary N) is 1. The largest absolute Gasteiger partial charge is 0.444 e. The van der Waals surface area contributed by atoms with Gasteiger partial charge in [-0.3, -0.25) is 4.79 Å². The molecule has 1 N–H and O–H groups in total. The zero-order valence-corrected chi connectivity index (χ0v) is 14.5. The lowest BCUT2D eigenvalue weighted by atomic mass is 10.1. The van der Waals surface area contributed by atoms with Crippen molar-refractivity contribution < 1.29 is 23.1 Å². The molecule has 2 amide bonds. The van der Waals surface area contributed by atoms with Crippen LogP contribution in [0.4, 0.5) is 13.6 Å². The Bertz CT molecular complexity index is 640. The molecule has 1 heterocycles. The van der Waals surface area contributed by atoms with E-state index in [9.17, 15) is 18.4 Å². The van der Waals surface area contributed by atoms with E-state index in [1.54, 1.807) is 20.8 Å². The van der Waals surface area contributed by atoms with Crippen molar-refractivity contribution in [3.63, 3.8) is 0 Å². The molecule has 1 aliphatic rings. The predicted molar refractivity (Wildman–Crippen MR) is 83.1 cm³/mol. The van der Waals surface area contributed by atoms with Crippen LogP contribution in [0, 0.1) is 11.6 Å². The molecule has 1 aromatic rings. The fourth-order valence-corrected chi connectivity index (χ4v) is 2.52. The molecule has 1 saturated heterocycles. The lowest BCUT2D eigenvalue weighted by molar-refractivity contribution is 0.0357. The monoisotopic (exact) mass is 390 g/mol. The standard InChI is InChI=1S/C15H17BrF2N2O3/c1-15(2,3)23-14(22)19-9-6-20(7-9)13(21)10-4-8(16)5-11(17)12(10)18/h4-5,9H,6-7H2,1-3H3,(H,19,22). The number of ether oxygens (including phenoxy) is 1. The highest BCUT2D eigenvalue weighted by Crippen LogP contribution is 2.22. The average Bonchev–Trinajstić information content (AvgIpc) is 2.34. The van der Waals surface area contributed by atoms with E-state index in [0.29, 0.717) is 0 Å². The molecule has 1 aliphatic heterocycles. The average molecular weight is 391 g/mol. The molecular weight excluding hydrogens is 374 g/mol. The SMILES string of the molecule is CC(C)(C)OC(=O)NC1CN(C(=O)c2cc(Br)cc(F)c2F)C1.